The summed E-state index contributed by atoms with van der Waals surface area (Å²) in [5, 5.41) is 11.5. The first-order valence-corrected chi connectivity index (χ1v) is 4.87. The number of nitrogens with zero attached hydrogens (tertiary/aromatic N) is 1. The van der Waals surface area contributed by atoms with Crippen molar-refractivity contribution in [1.29, 1.82) is 0 Å². The van der Waals surface area contributed by atoms with E-state index in [0.717, 1.165) is 5.23 Å². The fourth-order valence-electron chi connectivity index (χ4n) is 0.768. The molecule has 0 aliphatic rings. The van der Waals surface area contributed by atoms with Gasteiger partial charge in [0.2, 0.25) is 0 Å². The van der Waals surface area contributed by atoms with Crippen molar-refractivity contribution in [2.24, 2.45) is 0 Å². The summed E-state index contributed by atoms with van der Waals surface area (Å²) in [5.74, 6) is -1.28. The molecule has 0 N–H and O–H groups in total. The summed E-state index contributed by atoms with van der Waals surface area (Å²) in [5.41, 5.74) is 0. The molecule has 1 atom stereocenters. The van der Waals surface area contributed by atoms with Gasteiger partial charge in [0, 0.05) is 14.2 Å². The minimum absolute atomic E-state index is 0. The van der Waals surface area contributed by atoms with E-state index in [1.54, 1.807) is 0 Å². The van der Waals surface area contributed by atoms with Crippen LogP contribution in [0.1, 0.15) is 6.92 Å². The van der Waals surface area contributed by atoms with Gasteiger partial charge in [0.05, 0.1) is 38.4 Å². The molecule has 0 aromatic heterocycles. The molecule has 0 bridgehead atoms. The molecule has 0 radical (unpaired) electrons. The molecule has 0 fully saturated rings. The van der Waals surface area contributed by atoms with E-state index in [9.17, 15) is 9.90 Å². The maximum atomic E-state index is 10.6. The van der Waals surface area contributed by atoms with Crippen LogP contribution in [0.3, 0.4) is 0 Å². The van der Waals surface area contributed by atoms with Gasteiger partial charge in [0.1, 0.15) is 0 Å². The Kier molecular flexibility index (Phi) is 14.7. The van der Waals surface area contributed by atoms with Gasteiger partial charge < -0.3 is 19.4 Å². The predicted molar refractivity (Wildman–Crippen MR) is 52.0 cm³/mol. The number of carbonyl (C=O) groups excluding carboxylic acids is 1. The van der Waals surface area contributed by atoms with E-state index in [1.165, 1.54) is 21.1 Å². The van der Waals surface area contributed by atoms with Crippen LogP contribution >= 0.6 is 0 Å². The van der Waals surface area contributed by atoms with Crippen LogP contribution in [0.5, 0.6) is 0 Å². The van der Waals surface area contributed by atoms with Crippen LogP contribution in [0.2, 0.25) is 0 Å². The van der Waals surface area contributed by atoms with Gasteiger partial charge in [-0.25, -0.2) is 0 Å². The normalized spacial score (nSPS) is 12.2. The minimum Gasteiger partial charge on any atom is -0.548 e. The van der Waals surface area contributed by atoms with Gasteiger partial charge >= 0.3 is 29.6 Å². The van der Waals surface area contributed by atoms with E-state index >= 15 is 0 Å². The average molecular weight is 259 g/mol. The van der Waals surface area contributed by atoms with Crippen LogP contribution in [-0.4, -0.2) is 57.9 Å². The van der Waals surface area contributed by atoms with Crippen LogP contribution in [-0.2, 0) is 23.9 Å². The maximum absolute atomic E-state index is 10.6. The quantitative estimate of drug-likeness (QED) is 0.222. The van der Waals surface area contributed by atoms with Gasteiger partial charge in [-0.1, -0.05) is 5.23 Å². The van der Waals surface area contributed by atoms with Crippen molar-refractivity contribution in [1.82, 2.24) is 5.23 Å². The van der Waals surface area contributed by atoms with E-state index in [4.69, 9.17) is 19.1 Å². The number of hydroxylamine groups is 2. The summed E-state index contributed by atoms with van der Waals surface area (Å²) < 4.78 is 9.53. The zero-order valence-corrected chi connectivity index (χ0v) is 12.8. The molecule has 0 saturated heterocycles. The molecule has 0 aromatic rings. The first-order valence-electron chi connectivity index (χ1n) is 4.87. The van der Waals surface area contributed by atoms with E-state index in [0.29, 0.717) is 13.2 Å². The second-order valence-corrected chi connectivity index (χ2v) is 2.93. The molecule has 0 aliphatic heterocycles. The molecule has 0 spiro atoms. The Morgan fingerprint density at radius 3 is 1.82 bits per heavy atom. The summed E-state index contributed by atoms with van der Waals surface area (Å²) in [7, 11) is 3.03. The van der Waals surface area contributed by atoms with E-state index in [-0.39, 0.29) is 42.8 Å². The zero-order valence-electron chi connectivity index (χ0n) is 10.8. The fraction of sp³-hybridized carbons (Fsp3) is 0.889. The first kappa shape index (κ1) is 19.6. The van der Waals surface area contributed by atoms with Crippen molar-refractivity contribution in [2.45, 2.75) is 13.0 Å². The summed E-state index contributed by atoms with van der Waals surface area (Å²) in [6.07, 6.45) is 0. The molecule has 0 unspecified atom stereocenters. The molecule has 0 heterocycles. The standard InChI is InChI=1S/C9H19NO6.Na/c1-8(9(11)12)10(15-6-4-13-2)16-7-5-14-3;/h8H,4-7H2,1-3H3,(H,11,12);/q;+1/p-1/t8-;/m0./s1. The van der Waals surface area contributed by atoms with E-state index in [2.05, 4.69) is 0 Å². The number of rotatable bonds is 10. The molecule has 0 amide bonds. The Balaban J connectivity index is 0. The van der Waals surface area contributed by atoms with Crippen molar-refractivity contribution < 1.29 is 58.6 Å². The molecular weight excluding hydrogens is 241 g/mol. The second kappa shape index (κ2) is 12.7. The van der Waals surface area contributed by atoms with Crippen molar-refractivity contribution in [3.63, 3.8) is 0 Å². The van der Waals surface area contributed by atoms with Gasteiger partial charge in [0.15, 0.2) is 0 Å². The van der Waals surface area contributed by atoms with E-state index in [1.807, 2.05) is 0 Å². The third-order valence-electron chi connectivity index (χ3n) is 1.67. The topological polar surface area (TPSA) is 80.3 Å². The molecule has 96 valence electrons. The average Bonchev–Trinajstić information content (AvgIpc) is 2.26. The summed E-state index contributed by atoms with van der Waals surface area (Å²) in [6, 6.07) is -1.01. The number of methoxy groups -OCH3 is 2. The van der Waals surface area contributed by atoms with E-state index < -0.39 is 12.0 Å². The van der Waals surface area contributed by atoms with Crippen LogP contribution in [0.15, 0.2) is 0 Å². The third-order valence-corrected chi connectivity index (χ3v) is 1.67. The van der Waals surface area contributed by atoms with Crippen molar-refractivity contribution in [3.05, 3.63) is 0 Å². The smallest absolute Gasteiger partial charge is 0.548 e. The Morgan fingerprint density at radius 2 is 1.53 bits per heavy atom. The van der Waals surface area contributed by atoms with Gasteiger partial charge in [-0.2, -0.15) is 0 Å². The molecule has 17 heavy (non-hydrogen) atoms. The Morgan fingerprint density at radius 1 is 1.12 bits per heavy atom. The van der Waals surface area contributed by atoms with Gasteiger partial charge in [-0.05, 0) is 6.92 Å². The Bertz CT molecular complexity index is 184. The van der Waals surface area contributed by atoms with Crippen LogP contribution in [0, 0.1) is 0 Å². The number of carboxylic acid groups (broad SMARTS) is 1. The number of carboxylic acids is 1. The molecular formula is C9H18NNaO6. The number of hydrogen-bond acceptors (Lipinski definition) is 7. The molecule has 8 heteroatoms. The molecule has 0 aliphatic carbocycles. The van der Waals surface area contributed by atoms with Gasteiger partial charge in [-0.15, -0.1) is 0 Å². The summed E-state index contributed by atoms with van der Waals surface area (Å²) >= 11 is 0. The van der Waals surface area contributed by atoms with Crippen molar-refractivity contribution in [2.75, 3.05) is 40.6 Å². The maximum Gasteiger partial charge on any atom is 1.00 e. The van der Waals surface area contributed by atoms with Crippen LogP contribution < -0.4 is 34.7 Å². The largest absolute Gasteiger partial charge is 1.00 e. The van der Waals surface area contributed by atoms with Gasteiger partial charge in [0.25, 0.3) is 0 Å². The fourth-order valence-corrected chi connectivity index (χ4v) is 0.768. The van der Waals surface area contributed by atoms with Crippen LogP contribution in [0.4, 0.5) is 0 Å². The Hall–Kier alpha value is 0.270. The molecule has 0 rings (SSSR count). The molecule has 0 aromatic carbocycles. The predicted octanol–water partition coefficient (Wildman–Crippen LogP) is -4.41. The molecule has 7 nitrogen and oxygen atoms in total. The van der Waals surface area contributed by atoms with Crippen molar-refractivity contribution in [3.8, 4) is 0 Å². The number of carbonyl (C=O) groups is 1. The SMILES string of the molecule is COCCON(OCCOC)[C@@H](C)C(=O)[O-].[Na+]. The second-order valence-electron chi connectivity index (χ2n) is 2.93. The number of aliphatic carboxylic acids is 1. The summed E-state index contributed by atoms with van der Waals surface area (Å²) in [6.45, 7) is 2.46. The summed E-state index contributed by atoms with van der Waals surface area (Å²) in [4.78, 5) is 20.8. The number of hydrogen-bond donors (Lipinski definition) is 0. The minimum atomic E-state index is -1.28. The molecule has 0 saturated carbocycles. The third kappa shape index (κ3) is 9.93. The van der Waals surface area contributed by atoms with Crippen molar-refractivity contribution >= 4 is 5.97 Å². The monoisotopic (exact) mass is 259 g/mol. The van der Waals surface area contributed by atoms with Gasteiger partial charge in [-0.3, -0.25) is 9.68 Å². The van der Waals surface area contributed by atoms with Crippen LogP contribution in [0.25, 0.3) is 0 Å². The Labute approximate surface area is 123 Å². The first-order chi connectivity index (χ1) is 7.63. The number of ether oxygens (including phenoxy) is 2. The zero-order chi connectivity index (χ0) is 12.4.